The minimum Gasteiger partial charge on any atom is -0.496 e. The summed E-state index contributed by atoms with van der Waals surface area (Å²) in [7, 11) is 1.55. The van der Waals surface area contributed by atoms with Gasteiger partial charge in [0.15, 0.2) is 0 Å². The van der Waals surface area contributed by atoms with Gasteiger partial charge in [0.25, 0.3) is 11.8 Å². The Morgan fingerprint density at radius 3 is 2.27 bits per heavy atom. The number of hydrogen-bond acceptors (Lipinski definition) is 4. The van der Waals surface area contributed by atoms with Crippen LogP contribution in [0.15, 0.2) is 76.3 Å². The first kappa shape index (κ1) is 21.2. The minimum absolute atomic E-state index is 0.329. The molecule has 0 bridgehead atoms. The predicted molar refractivity (Wildman–Crippen MR) is 117 cm³/mol. The molecule has 0 aliphatic rings. The van der Waals surface area contributed by atoms with E-state index in [0.717, 1.165) is 4.47 Å². The molecule has 3 aromatic carbocycles. The molecular formula is C22H17BrFN3O3. The molecule has 30 heavy (non-hydrogen) atoms. The molecular weight excluding hydrogens is 453 g/mol. The van der Waals surface area contributed by atoms with Gasteiger partial charge in [0.1, 0.15) is 11.6 Å². The Morgan fingerprint density at radius 2 is 1.60 bits per heavy atom. The quantitative estimate of drug-likeness (QED) is 0.408. The van der Waals surface area contributed by atoms with Crippen LogP contribution >= 0.6 is 15.9 Å². The third-order valence-electron chi connectivity index (χ3n) is 4.07. The standard InChI is InChI=1S/C22H17BrFN3O3/c1-30-20-11-6-17(23)12-16(20)13-25-27-22(29)15-4-9-19(10-5-15)26-21(28)14-2-7-18(24)8-3-14/h2-13H,1H3,(H,26,28)(H,27,29)/b25-13-. The van der Waals surface area contributed by atoms with Gasteiger partial charge in [-0.25, -0.2) is 9.82 Å². The van der Waals surface area contributed by atoms with E-state index < -0.39 is 11.7 Å². The lowest BCUT2D eigenvalue weighted by Gasteiger charge is -2.07. The molecule has 0 spiro atoms. The van der Waals surface area contributed by atoms with Crippen molar-refractivity contribution in [1.29, 1.82) is 0 Å². The number of carbonyl (C=O) groups excluding carboxylic acids is 2. The second-order valence-electron chi connectivity index (χ2n) is 6.12. The summed E-state index contributed by atoms with van der Waals surface area (Å²) in [5.74, 6) is -0.572. The summed E-state index contributed by atoms with van der Waals surface area (Å²) in [6.45, 7) is 0. The number of carbonyl (C=O) groups is 2. The second kappa shape index (κ2) is 9.80. The van der Waals surface area contributed by atoms with Gasteiger partial charge in [0.05, 0.1) is 13.3 Å². The normalized spacial score (nSPS) is 10.6. The minimum atomic E-state index is -0.414. The average Bonchev–Trinajstić information content (AvgIpc) is 2.75. The van der Waals surface area contributed by atoms with E-state index in [1.807, 2.05) is 12.1 Å². The summed E-state index contributed by atoms with van der Waals surface area (Å²) in [6, 6.07) is 17.0. The fourth-order valence-corrected chi connectivity index (χ4v) is 2.92. The molecule has 6 nitrogen and oxygen atoms in total. The van der Waals surface area contributed by atoms with Crippen LogP contribution in [0.2, 0.25) is 0 Å². The lowest BCUT2D eigenvalue weighted by molar-refractivity contribution is 0.0954. The number of nitrogens with one attached hydrogen (secondary N) is 2. The molecule has 0 aliphatic carbocycles. The van der Waals surface area contributed by atoms with Gasteiger partial charge in [-0.2, -0.15) is 5.10 Å². The van der Waals surface area contributed by atoms with E-state index in [-0.39, 0.29) is 5.91 Å². The number of hydrazone groups is 1. The van der Waals surface area contributed by atoms with E-state index >= 15 is 0 Å². The van der Waals surface area contributed by atoms with Crippen molar-refractivity contribution in [3.63, 3.8) is 0 Å². The summed E-state index contributed by atoms with van der Waals surface area (Å²) < 4.78 is 19.1. The van der Waals surface area contributed by atoms with Crippen LogP contribution in [-0.2, 0) is 0 Å². The van der Waals surface area contributed by atoms with E-state index in [4.69, 9.17) is 4.74 Å². The van der Waals surface area contributed by atoms with Crippen molar-refractivity contribution in [2.45, 2.75) is 0 Å². The number of hydrogen-bond donors (Lipinski definition) is 2. The van der Waals surface area contributed by atoms with Crippen LogP contribution in [-0.4, -0.2) is 25.1 Å². The molecule has 0 radical (unpaired) electrons. The molecule has 0 fully saturated rings. The summed E-state index contributed by atoms with van der Waals surface area (Å²) in [5, 5.41) is 6.64. The van der Waals surface area contributed by atoms with Gasteiger partial charge in [-0.15, -0.1) is 0 Å². The Morgan fingerprint density at radius 1 is 0.967 bits per heavy atom. The zero-order valence-electron chi connectivity index (χ0n) is 15.9. The smallest absolute Gasteiger partial charge is 0.271 e. The fourth-order valence-electron chi connectivity index (χ4n) is 2.54. The Bertz CT molecular complexity index is 1080. The highest BCUT2D eigenvalue weighted by Crippen LogP contribution is 2.21. The first-order valence-corrected chi connectivity index (χ1v) is 9.59. The monoisotopic (exact) mass is 469 g/mol. The second-order valence-corrected chi connectivity index (χ2v) is 7.04. The van der Waals surface area contributed by atoms with Crippen molar-refractivity contribution in [3.8, 4) is 5.75 Å². The van der Waals surface area contributed by atoms with Gasteiger partial charge in [-0.1, -0.05) is 15.9 Å². The van der Waals surface area contributed by atoms with Crippen molar-refractivity contribution in [1.82, 2.24) is 5.43 Å². The van der Waals surface area contributed by atoms with Gasteiger partial charge in [-0.05, 0) is 66.7 Å². The summed E-state index contributed by atoms with van der Waals surface area (Å²) in [4.78, 5) is 24.4. The Hall–Kier alpha value is -3.52. The Kier molecular flexibility index (Phi) is 6.92. The van der Waals surface area contributed by atoms with Crippen LogP contribution < -0.4 is 15.5 Å². The van der Waals surface area contributed by atoms with Gasteiger partial charge < -0.3 is 10.1 Å². The highest BCUT2D eigenvalue weighted by molar-refractivity contribution is 9.10. The van der Waals surface area contributed by atoms with E-state index in [0.29, 0.717) is 28.1 Å². The topological polar surface area (TPSA) is 79.8 Å². The molecule has 0 aliphatic heterocycles. The zero-order chi connectivity index (χ0) is 21.5. The molecule has 2 N–H and O–H groups in total. The van der Waals surface area contributed by atoms with Gasteiger partial charge in [0, 0.05) is 26.9 Å². The summed E-state index contributed by atoms with van der Waals surface area (Å²) >= 11 is 3.37. The number of ether oxygens (including phenoxy) is 1. The number of benzene rings is 3. The van der Waals surface area contributed by atoms with E-state index in [1.54, 1.807) is 37.4 Å². The molecule has 2 amide bonds. The van der Waals surface area contributed by atoms with Gasteiger partial charge in [-0.3, -0.25) is 9.59 Å². The van der Waals surface area contributed by atoms with E-state index in [2.05, 4.69) is 31.8 Å². The lowest BCUT2D eigenvalue weighted by atomic mass is 10.1. The molecule has 3 aromatic rings. The highest BCUT2D eigenvalue weighted by Gasteiger charge is 2.08. The molecule has 0 heterocycles. The predicted octanol–water partition coefficient (Wildman–Crippen LogP) is 4.61. The van der Waals surface area contributed by atoms with Crippen molar-refractivity contribution < 1.29 is 18.7 Å². The van der Waals surface area contributed by atoms with Crippen molar-refractivity contribution in [2.75, 3.05) is 12.4 Å². The first-order valence-electron chi connectivity index (χ1n) is 8.80. The number of rotatable bonds is 6. The first-order chi connectivity index (χ1) is 14.5. The van der Waals surface area contributed by atoms with Crippen LogP contribution in [0.25, 0.3) is 0 Å². The van der Waals surface area contributed by atoms with E-state index in [9.17, 15) is 14.0 Å². The number of halogens is 2. The molecule has 0 saturated carbocycles. The van der Waals surface area contributed by atoms with Crippen LogP contribution in [0.1, 0.15) is 26.3 Å². The maximum atomic E-state index is 12.9. The number of nitrogens with zero attached hydrogens (tertiary/aromatic N) is 1. The number of amides is 2. The molecule has 152 valence electrons. The number of anilines is 1. The largest absolute Gasteiger partial charge is 0.496 e. The maximum Gasteiger partial charge on any atom is 0.271 e. The average molecular weight is 470 g/mol. The van der Waals surface area contributed by atoms with Crippen LogP contribution in [0, 0.1) is 5.82 Å². The van der Waals surface area contributed by atoms with Crippen molar-refractivity contribution in [3.05, 3.63) is 93.7 Å². The number of methoxy groups -OCH3 is 1. The maximum absolute atomic E-state index is 12.9. The molecule has 3 rings (SSSR count). The summed E-state index contributed by atoms with van der Waals surface area (Å²) in [6.07, 6.45) is 1.48. The molecule has 0 saturated heterocycles. The van der Waals surface area contributed by atoms with Crippen molar-refractivity contribution >= 4 is 39.6 Å². The fraction of sp³-hybridized carbons (Fsp3) is 0.0455. The van der Waals surface area contributed by atoms with Gasteiger partial charge in [0.2, 0.25) is 0 Å². The van der Waals surface area contributed by atoms with Crippen LogP contribution in [0.3, 0.4) is 0 Å². The third-order valence-corrected chi connectivity index (χ3v) is 4.57. The van der Waals surface area contributed by atoms with E-state index in [1.165, 1.54) is 30.5 Å². The van der Waals surface area contributed by atoms with Crippen molar-refractivity contribution in [2.24, 2.45) is 5.10 Å². The molecule has 0 atom stereocenters. The lowest BCUT2D eigenvalue weighted by Crippen LogP contribution is -2.18. The molecule has 0 unspecified atom stereocenters. The summed E-state index contributed by atoms with van der Waals surface area (Å²) in [5.41, 5.74) is 4.35. The Labute approximate surface area is 180 Å². The third kappa shape index (κ3) is 5.51. The molecule has 0 aromatic heterocycles. The zero-order valence-corrected chi connectivity index (χ0v) is 17.4. The van der Waals surface area contributed by atoms with Crippen LogP contribution in [0.4, 0.5) is 10.1 Å². The Balaban J connectivity index is 1.60. The van der Waals surface area contributed by atoms with Gasteiger partial charge >= 0.3 is 0 Å². The van der Waals surface area contributed by atoms with Crippen LogP contribution in [0.5, 0.6) is 5.75 Å². The molecule has 8 heteroatoms. The highest BCUT2D eigenvalue weighted by atomic mass is 79.9. The SMILES string of the molecule is COc1ccc(Br)cc1/C=N\NC(=O)c1ccc(NC(=O)c2ccc(F)cc2)cc1.